The van der Waals surface area contributed by atoms with E-state index in [2.05, 4.69) is 11.8 Å². The number of anilines is 2. The maximum absolute atomic E-state index is 14.0. The lowest BCUT2D eigenvalue weighted by Gasteiger charge is -2.39. The van der Waals surface area contributed by atoms with E-state index in [-0.39, 0.29) is 11.3 Å². The zero-order valence-corrected chi connectivity index (χ0v) is 11.1. The van der Waals surface area contributed by atoms with Crippen LogP contribution < -0.4 is 10.6 Å². The standard InChI is InChI=1S/C13H18FN3O2/c1-8-7-17(4-3-16(8)2)12-5-9(13(18)19)11(15)6-10(12)14/h5-6,8H,3-4,7,15H2,1-2H3,(H,18,19). The lowest BCUT2D eigenvalue weighted by atomic mass is 10.1. The molecule has 0 saturated carbocycles. The summed E-state index contributed by atoms with van der Waals surface area (Å²) in [6.45, 7) is 4.20. The van der Waals surface area contributed by atoms with Crippen molar-refractivity contribution >= 4 is 17.3 Å². The van der Waals surface area contributed by atoms with Crippen molar-refractivity contribution in [1.82, 2.24) is 4.90 Å². The molecule has 1 aromatic carbocycles. The number of nitrogen functional groups attached to an aromatic ring is 1. The van der Waals surface area contributed by atoms with E-state index < -0.39 is 11.8 Å². The van der Waals surface area contributed by atoms with Gasteiger partial charge in [-0.15, -0.1) is 0 Å². The summed E-state index contributed by atoms with van der Waals surface area (Å²) in [4.78, 5) is 15.1. The number of likely N-dealkylation sites (N-methyl/N-ethyl adjacent to an activating group) is 1. The summed E-state index contributed by atoms with van der Waals surface area (Å²) in [7, 11) is 2.02. The second kappa shape index (κ2) is 5.05. The van der Waals surface area contributed by atoms with Crippen LogP contribution >= 0.6 is 0 Å². The fraction of sp³-hybridized carbons (Fsp3) is 0.462. The highest BCUT2D eigenvalue weighted by Gasteiger charge is 2.24. The van der Waals surface area contributed by atoms with E-state index in [4.69, 9.17) is 10.8 Å². The van der Waals surface area contributed by atoms with E-state index in [0.29, 0.717) is 24.8 Å². The molecule has 1 fully saturated rings. The van der Waals surface area contributed by atoms with E-state index in [1.165, 1.54) is 6.07 Å². The first-order chi connectivity index (χ1) is 8.90. The van der Waals surface area contributed by atoms with Gasteiger partial charge in [0.1, 0.15) is 5.82 Å². The molecule has 5 nitrogen and oxygen atoms in total. The first-order valence-electron chi connectivity index (χ1n) is 6.17. The lowest BCUT2D eigenvalue weighted by molar-refractivity contribution is 0.0698. The van der Waals surface area contributed by atoms with Gasteiger partial charge in [0.05, 0.1) is 11.3 Å². The first-order valence-corrected chi connectivity index (χ1v) is 6.17. The number of benzene rings is 1. The zero-order chi connectivity index (χ0) is 14.2. The van der Waals surface area contributed by atoms with Gasteiger partial charge in [-0.1, -0.05) is 0 Å². The Morgan fingerprint density at radius 1 is 1.47 bits per heavy atom. The molecule has 1 atom stereocenters. The van der Waals surface area contributed by atoms with Crippen LogP contribution in [0.5, 0.6) is 0 Å². The first kappa shape index (κ1) is 13.6. The Kier molecular flexibility index (Phi) is 3.61. The molecule has 1 aliphatic rings. The number of carboxylic acids is 1. The molecular weight excluding hydrogens is 249 g/mol. The maximum Gasteiger partial charge on any atom is 0.337 e. The third-order valence-corrected chi connectivity index (χ3v) is 3.65. The largest absolute Gasteiger partial charge is 0.478 e. The molecule has 104 valence electrons. The smallest absolute Gasteiger partial charge is 0.337 e. The number of rotatable bonds is 2. The number of halogens is 1. The van der Waals surface area contributed by atoms with Crippen molar-refractivity contribution in [3.8, 4) is 0 Å². The minimum absolute atomic E-state index is 0.0454. The van der Waals surface area contributed by atoms with Crippen LogP contribution in [0, 0.1) is 5.82 Å². The average Bonchev–Trinajstić information content (AvgIpc) is 2.32. The summed E-state index contributed by atoms with van der Waals surface area (Å²) in [6, 6.07) is 2.70. The van der Waals surface area contributed by atoms with E-state index in [9.17, 15) is 9.18 Å². The van der Waals surface area contributed by atoms with Crippen molar-refractivity contribution in [1.29, 1.82) is 0 Å². The highest BCUT2D eigenvalue weighted by Crippen LogP contribution is 2.27. The summed E-state index contributed by atoms with van der Waals surface area (Å²) >= 11 is 0. The maximum atomic E-state index is 14.0. The Bertz CT molecular complexity index is 507. The normalized spacial score (nSPS) is 20.6. The van der Waals surface area contributed by atoms with Crippen LogP contribution in [0.4, 0.5) is 15.8 Å². The summed E-state index contributed by atoms with van der Waals surface area (Å²) < 4.78 is 14.0. The molecule has 1 unspecified atom stereocenters. The monoisotopic (exact) mass is 267 g/mol. The van der Waals surface area contributed by atoms with Gasteiger partial charge in [0.25, 0.3) is 0 Å². The molecule has 2 rings (SSSR count). The summed E-state index contributed by atoms with van der Waals surface area (Å²) in [6.07, 6.45) is 0. The number of nitrogens with zero attached hydrogens (tertiary/aromatic N) is 2. The molecule has 0 aromatic heterocycles. The summed E-state index contributed by atoms with van der Waals surface area (Å²) in [5.74, 6) is -1.61. The van der Waals surface area contributed by atoms with E-state index in [1.54, 1.807) is 0 Å². The molecule has 0 radical (unpaired) electrons. The quantitative estimate of drug-likeness (QED) is 0.789. The van der Waals surface area contributed by atoms with Gasteiger partial charge < -0.3 is 20.6 Å². The molecule has 0 bridgehead atoms. The van der Waals surface area contributed by atoms with E-state index in [0.717, 1.165) is 12.6 Å². The fourth-order valence-electron chi connectivity index (χ4n) is 2.27. The molecule has 6 heteroatoms. The number of carboxylic acid groups (broad SMARTS) is 1. The van der Waals surface area contributed by atoms with Crippen LogP contribution in [0.2, 0.25) is 0 Å². The highest BCUT2D eigenvalue weighted by molar-refractivity contribution is 5.95. The molecule has 1 aromatic rings. The van der Waals surface area contributed by atoms with Gasteiger partial charge in [0.2, 0.25) is 0 Å². The Morgan fingerprint density at radius 2 is 2.16 bits per heavy atom. The van der Waals surface area contributed by atoms with Crippen LogP contribution in [0.3, 0.4) is 0 Å². The number of nitrogens with two attached hydrogens (primary N) is 1. The van der Waals surface area contributed by atoms with Gasteiger partial charge >= 0.3 is 5.97 Å². The molecule has 1 aliphatic heterocycles. The van der Waals surface area contributed by atoms with Gasteiger partial charge in [-0.3, -0.25) is 0 Å². The number of hydrogen-bond acceptors (Lipinski definition) is 4. The van der Waals surface area contributed by atoms with Crippen molar-refractivity contribution in [3.63, 3.8) is 0 Å². The lowest BCUT2D eigenvalue weighted by Crippen LogP contribution is -2.50. The SMILES string of the molecule is CC1CN(c2cc(C(=O)O)c(N)cc2F)CCN1C. The number of hydrogen-bond donors (Lipinski definition) is 2. The minimum Gasteiger partial charge on any atom is -0.478 e. The summed E-state index contributed by atoms with van der Waals surface area (Å²) in [5.41, 5.74) is 5.74. The van der Waals surface area contributed by atoms with Gasteiger partial charge in [-0.2, -0.15) is 0 Å². The van der Waals surface area contributed by atoms with Gasteiger partial charge in [-0.25, -0.2) is 9.18 Å². The molecule has 1 heterocycles. The Morgan fingerprint density at radius 3 is 2.74 bits per heavy atom. The van der Waals surface area contributed by atoms with E-state index >= 15 is 0 Å². The van der Waals surface area contributed by atoms with Crippen LogP contribution in [-0.2, 0) is 0 Å². The minimum atomic E-state index is -1.14. The molecular formula is C13H18FN3O2. The van der Waals surface area contributed by atoms with Gasteiger partial charge in [0, 0.05) is 31.4 Å². The van der Waals surface area contributed by atoms with Crippen molar-refractivity contribution in [2.75, 3.05) is 37.3 Å². The fourth-order valence-corrected chi connectivity index (χ4v) is 2.27. The molecule has 3 N–H and O–H groups in total. The van der Waals surface area contributed by atoms with Crippen molar-refractivity contribution in [2.45, 2.75) is 13.0 Å². The number of aromatic carboxylic acids is 1. The van der Waals surface area contributed by atoms with Crippen LogP contribution in [0.1, 0.15) is 17.3 Å². The van der Waals surface area contributed by atoms with Crippen LogP contribution in [0.25, 0.3) is 0 Å². The topological polar surface area (TPSA) is 69.8 Å². The third-order valence-electron chi connectivity index (χ3n) is 3.65. The molecule has 19 heavy (non-hydrogen) atoms. The second-order valence-electron chi connectivity index (χ2n) is 4.97. The van der Waals surface area contributed by atoms with Gasteiger partial charge in [0.15, 0.2) is 0 Å². The van der Waals surface area contributed by atoms with Crippen molar-refractivity contribution in [3.05, 3.63) is 23.5 Å². The molecule has 0 amide bonds. The average molecular weight is 267 g/mol. The van der Waals surface area contributed by atoms with Crippen molar-refractivity contribution in [2.24, 2.45) is 0 Å². The number of carbonyl (C=O) groups is 1. The number of piperazine rings is 1. The molecule has 0 spiro atoms. The van der Waals surface area contributed by atoms with Gasteiger partial charge in [-0.05, 0) is 26.1 Å². The highest BCUT2D eigenvalue weighted by atomic mass is 19.1. The zero-order valence-electron chi connectivity index (χ0n) is 11.1. The van der Waals surface area contributed by atoms with E-state index in [1.807, 2.05) is 11.9 Å². The molecule has 0 aliphatic carbocycles. The molecule has 1 saturated heterocycles. The predicted molar refractivity (Wildman–Crippen MR) is 72.1 cm³/mol. The Hall–Kier alpha value is -1.82. The summed E-state index contributed by atoms with van der Waals surface area (Å²) in [5, 5.41) is 9.04. The van der Waals surface area contributed by atoms with Crippen molar-refractivity contribution < 1.29 is 14.3 Å². The Balaban J connectivity index is 2.34. The second-order valence-corrected chi connectivity index (χ2v) is 4.97. The third kappa shape index (κ3) is 2.63. The van der Waals surface area contributed by atoms with Crippen LogP contribution in [-0.4, -0.2) is 48.7 Å². The van der Waals surface area contributed by atoms with Crippen LogP contribution in [0.15, 0.2) is 12.1 Å². The predicted octanol–water partition coefficient (Wildman–Crippen LogP) is 1.25. The Labute approximate surface area is 111 Å².